The Bertz CT molecular complexity index is 1780. The van der Waals surface area contributed by atoms with Crippen molar-refractivity contribution in [1.82, 2.24) is 9.88 Å². The van der Waals surface area contributed by atoms with E-state index in [1.807, 2.05) is 24.3 Å². The molecule has 2 aliphatic rings. The van der Waals surface area contributed by atoms with Crippen LogP contribution in [0.15, 0.2) is 79.0 Å². The summed E-state index contributed by atoms with van der Waals surface area (Å²) in [5.74, 6) is -0.515. The molecule has 12 heteroatoms. The number of aromatic nitrogens is 1. The Morgan fingerprint density at radius 3 is 2.50 bits per heavy atom. The van der Waals surface area contributed by atoms with Crippen LogP contribution in [0.3, 0.4) is 0 Å². The number of nitrogens with one attached hydrogen (secondary N) is 2. The molecule has 1 atom stereocenters. The van der Waals surface area contributed by atoms with Crippen LogP contribution in [0, 0.1) is 17.2 Å². The molecule has 2 amide bonds. The average molecular weight is 656 g/mol. The van der Waals surface area contributed by atoms with Gasteiger partial charge in [0.25, 0.3) is 0 Å². The number of hydrogen-bond acceptors (Lipinski definition) is 9. The van der Waals surface area contributed by atoms with Crippen molar-refractivity contribution in [3.05, 3.63) is 84.8 Å². The molecule has 1 aromatic heterocycles. The number of fused-ring (bicyclic) bond motifs is 1. The number of carbonyl (C=O) groups is 3. The molecule has 0 spiro atoms. The molecule has 1 unspecified atom stereocenters. The number of hydrogen-bond donors (Lipinski definition) is 3. The Labute approximate surface area is 277 Å². The summed E-state index contributed by atoms with van der Waals surface area (Å²) in [5, 5.41) is 6.15. The van der Waals surface area contributed by atoms with Crippen molar-refractivity contribution in [3.63, 3.8) is 0 Å². The second-order valence-corrected chi connectivity index (χ2v) is 12.1. The van der Waals surface area contributed by atoms with E-state index in [9.17, 15) is 14.4 Å². The molecule has 11 nitrogen and oxygen atoms in total. The van der Waals surface area contributed by atoms with Gasteiger partial charge in [-0.2, -0.15) is 0 Å². The number of pyridine rings is 1. The largest absolute Gasteiger partial charge is 0.493 e. The molecule has 1 aliphatic heterocycles. The fraction of sp³-hybridized carbons (Fsp3) is 0.333. The van der Waals surface area contributed by atoms with Crippen LogP contribution in [0.2, 0.25) is 0 Å². The smallest absolute Gasteiger partial charge is 0.319 e. The SMILES string of the molecule is NCC(=O)OCC1CCN(CCCOc2ccc3c(Oc4ccc(NC(=O)C5(C(=O)Nc6ccccc6)CC5)cc4F)ccnc3c2)C1. The number of para-hydroxylation sites is 1. The van der Waals surface area contributed by atoms with Crippen molar-refractivity contribution in [2.75, 3.05) is 50.0 Å². The Morgan fingerprint density at radius 2 is 1.75 bits per heavy atom. The zero-order chi connectivity index (χ0) is 33.5. The van der Waals surface area contributed by atoms with Gasteiger partial charge in [-0.25, -0.2) is 4.39 Å². The summed E-state index contributed by atoms with van der Waals surface area (Å²) in [6.45, 7) is 3.56. The zero-order valence-corrected chi connectivity index (χ0v) is 26.5. The van der Waals surface area contributed by atoms with Crippen LogP contribution < -0.4 is 25.8 Å². The lowest BCUT2D eigenvalue weighted by atomic mass is 10.0. The monoisotopic (exact) mass is 655 g/mol. The molecule has 250 valence electrons. The van der Waals surface area contributed by atoms with Gasteiger partial charge in [-0.05, 0) is 74.7 Å². The van der Waals surface area contributed by atoms with Gasteiger partial charge in [0.15, 0.2) is 11.6 Å². The van der Waals surface area contributed by atoms with Crippen LogP contribution in [0.4, 0.5) is 15.8 Å². The minimum absolute atomic E-state index is 0.0227. The number of rotatable bonds is 14. The Balaban J connectivity index is 1.00. The molecular weight excluding hydrogens is 617 g/mol. The second-order valence-electron chi connectivity index (χ2n) is 12.1. The van der Waals surface area contributed by atoms with Crippen LogP contribution in [0.5, 0.6) is 17.2 Å². The lowest BCUT2D eigenvalue weighted by Crippen LogP contribution is -2.35. The van der Waals surface area contributed by atoms with E-state index in [2.05, 4.69) is 20.5 Å². The number of amides is 2. The lowest BCUT2D eigenvalue weighted by Gasteiger charge is -2.16. The number of benzene rings is 3. The van der Waals surface area contributed by atoms with Crippen LogP contribution in [-0.4, -0.2) is 67.1 Å². The van der Waals surface area contributed by atoms with Gasteiger partial charge in [0.1, 0.15) is 16.9 Å². The molecule has 1 aliphatic carbocycles. The van der Waals surface area contributed by atoms with Crippen molar-refractivity contribution in [2.45, 2.75) is 25.7 Å². The van der Waals surface area contributed by atoms with Crippen LogP contribution in [-0.2, 0) is 19.1 Å². The molecule has 3 aromatic carbocycles. The third kappa shape index (κ3) is 7.89. The lowest BCUT2D eigenvalue weighted by molar-refractivity contribution is -0.143. The minimum Gasteiger partial charge on any atom is -0.493 e. The maximum atomic E-state index is 15.2. The molecule has 2 heterocycles. The quantitative estimate of drug-likeness (QED) is 0.0958. The van der Waals surface area contributed by atoms with Gasteiger partial charge >= 0.3 is 5.97 Å². The van der Waals surface area contributed by atoms with E-state index >= 15 is 4.39 Å². The van der Waals surface area contributed by atoms with Crippen molar-refractivity contribution in [3.8, 4) is 17.2 Å². The number of halogens is 1. The predicted octanol–water partition coefficient (Wildman–Crippen LogP) is 5.12. The van der Waals surface area contributed by atoms with E-state index in [1.165, 1.54) is 18.2 Å². The van der Waals surface area contributed by atoms with E-state index in [0.717, 1.165) is 32.5 Å². The van der Waals surface area contributed by atoms with Crippen molar-refractivity contribution < 1.29 is 33.0 Å². The first-order chi connectivity index (χ1) is 23.3. The highest BCUT2D eigenvalue weighted by Gasteiger charge is 2.56. The highest BCUT2D eigenvalue weighted by molar-refractivity contribution is 6.16. The molecular formula is C36H38FN5O6. The number of nitrogens with two attached hydrogens (primary N) is 1. The number of carbonyl (C=O) groups excluding carboxylic acids is 3. The van der Waals surface area contributed by atoms with Gasteiger partial charge in [0, 0.05) is 54.1 Å². The van der Waals surface area contributed by atoms with Crippen LogP contribution in [0.25, 0.3) is 10.9 Å². The van der Waals surface area contributed by atoms with Crippen LogP contribution in [0.1, 0.15) is 25.7 Å². The molecule has 6 rings (SSSR count). The Morgan fingerprint density at radius 1 is 0.958 bits per heavy atom. The fourth-order valence-electron chi connectivity index (χ4n) is 5.77. The molecule has 0 radical (unpaired) electrons. The second kappa shape index (κ2) is 14.8. The maximum Gasteiger partial charge on any atom is 0.319 e. The molecule has 4 N–H and O–H groups in total. The standard InChI is InChI=1S/C36H38FN5O6/c37-29-19-26(41-35(45)36(13-14-36)34(44)40-25-5-2-1-3-6-25)7-10-32(29)48-31-11-15-39-30-20-27(8-9-28(30)31)46-18-4-16-42-17-12-24(22-42)23-47-33(43)21-38/h1-3,5-11,15,19-20,24H,4,12-14,16-18,21-23,38H2,(H,40,44)(H,41,45). The Hall–Kier alpha value is -5.07. The summed E-state index contributed by atoms with van der Waals surface area (Å²) >= 11 is 0. The summed E-state index contributed by atoms with van der Waals surface area (Å²) in [6.07, 6.45) is 4.23. The van der Waals surface area contributed by atoms with Gasteiger partial charge in [-0.1, -0.05) is 18.2 Å². The molecule has 2 fully saturated rings. The normalized spacial score (nSPS) is 16.7. The van der Waals surface area contributed by atoms with Crippen molar-refractivity contribution >= 4 is 40.1 Å². The summed E-state index contributed by atoms with van der Waals surface area (Å²) < 4.78 is 32.3. The topological polar surface area (TPSA) is 145 Å². The fourth-order valence-corrected chi connectivity index (χ4v) is 5.77. The molecule has 4 aromatic rings. The van der Waals surface area contributed by atoms with Gasteiger partial charge in [0.05, 0.1) is 25.3 Å². The number of ether oxygens (including phenoxy) is 3. The van der Waals surface area contributed by atoms with E-state index in [0.29, 0.717) is 60.1 Å². The number of anilines is 2. The van der Waals surface area contributed by atoms with E-state index < -0.39 is 17.1 Å². The van der Waals surface area contributed by atoms with Gasteiger partial charge < -0.3 is 35.5 Å². The first kappa shape index (κ1) is 32.9. The Kier molecular flexibility index (Phi) is 10.1. The van der Waals surface area contributed by atoms with Crippen LogP contribution >= 0.6 is 0 Å². The molecule has 1 saturated heterocycles. The summed E-state index contributed by atoms with van der Waals surface area (Å²) in [4.78, 5) is 43.9. The van der Waals surface area contributed by atoms with Crippen molar-refractivity contribution in [2.24, 2.45) is 17.1 Å². The molecule has 1 saturated carbocycles. The first-order valence-corrected chi connectivity index (χ1v) is 16.1. The molecule has 48 heavy (non-hydrogen) atoms. The summed E-state index contributed by atoms with van der Waals surface area (Å²) in [6, 6.07) is 20.2. The number of esters is 1. The summed E-state index contributed by atoms with van der Waals surface area (Å²) in [7, 11) is 0. The van der Waals surface area contributed by atoms with E-state index in [-0.39, 0.29) is 29.9 Å². The molecule has 0 bridgehead atoms. The number of nitrogens with zero attached hydrogens (tertiary/aromatic N) is 2. The van der Waals surface area contributed by atoms with E-state index in [4.69, 9.17) is 19.9 Å². The third-order valence-electron chi connectivity index (χ3n) is 8.64. The third-order valence-corrected chi connectivity index (χ3v) is 8.64. The van der Waals surface area contributed by atoms with Gasteiger partial charge in [-0.3, -0.25) is 19.4 Å². The summed E-state index contributed by atoms with van der Waals surface area (Å²) in [5.41, 5.74) is 5.58. The predicted molar refractivity (Wildman–Crippen MR) is 178 cm³/mol. The highest BCUT2D eigenvalue weighted by atomic mass is 19.1. The van der Waals surface area contributed by atoms with E-state index in [1.54, 1.807) is 36.5 Å². The zero-order valence-electron chi connectivity index (χ0n) is 26.5. The maximum absolute atomic E-state index is 15.2. The number of likely N-dealkylation sites (tertiary alicyclic amines) is 1. The van der Waals surface area contributed by atoms with Gasteiger partial charge in [-0.15, -0.1) is 0 Å². The average Bonchev–Trinajstić information content (AvgIpc) is 3.80. The van der Waals surface area contributed by atoms with Gasteiger partial charge in [0.2, 0.25) is 11.8 Å². The highest BCUT2D eigenvalue weighted by Crippen LogP contribution is 2.47. The first-order valence-electron chi connectivity index (χ1n) is 16.1. The van der Waals surface area contributed by atoms with Crippen molar-refractivity contribution in [1.29, 1.82) is 0 Å². The minimum atomic E-state index is -1.18.